The number of nitrogens with one attached hydrogen (secondary N) is 1. The second kappa shape index (κ2) is 8.82. The lowest BCUT2D eigenvalue weighted by Crippen LogP contribution is -2.29. The lowest BCUT2D eigenvalue weighted by Gasteiger charge is -2.15. The number of benzene rings is 1. The largest absolute Gasteiger partial charge is 0.497 e. The van der Waals surface area contributed by atoms with Gasteiger partial charge in [-0.25, -0.2) is 0 Å². The van der Waals surface area contributed by atoms with E-state index in [1.807, 2.05) is 25.1 Å². The predicted octanol–water partition coefficient (Wildman–Crippen LogP) is 0.994. The highest BCUT2D eigenvalue weighted by molar-refractivity contribution is 5.77. The summed E-state index contributed by atoms with van der Waals surface area (Å²) < 4.78 is 10.7. The molecule has 0 bridgehead atoms. The molecular formula is C15H21N3O3. The summed E-state index contributed by atoms with van der Waals surface area (Å²) in [6, 6.07) is 7.32. The van der Waals surface area contributed by atoms with Crippen LogP contribution >= 0.6 is 0 Å². The van der Waals surface area contributed by atoms with Gasteiger partial charge in [-0.2, -0.15) is 5.26 Å². The lowest BCUT2D eigenvalue weighted by molar-refractivity contribution is -0.122. The van der Waals surface area contributed by atoms with Crippen LogP contribution in [0, 0.1) is 11.3 Å². The fourth-order valence-electron chi connectivity index (χ4n) is 1.72. The maximum absolute atomic E-state index is 11.5. The zero-order valence-corrected chi connectivity index (χ0v) is 12.4. The molecule has 6 heteroatoms. The molecule has 0 aliphatic rings. The van der Waals surface area contributed by atoms with E-state index >= 15 is 0 Å². The number of amides is 1. The van der Waals surface area contributed by atoms with Crippen molar-refractivity contribution in [2.75, 3.05) is 20.3 Å². The predicted molar refractivity (Wildman–Crippen MR) is 79.1 cm³/mol. The Kier molecular flexibility index (Phi) is 7.05. The highest BCUT2D eigenvalue weighted by atomic mass is 16.5. The Balaban J connectivity index is 2.76. The molecule has 1 atom stereocenters. The normalized spacial score (nSPS) is 11.3. The van der Waals surface area contributed by atoms with E-state index in [0.717, 1.165) is 12.0 Å². The molecule has 0 spiro atoms. The first-order valence-corrected chi connectivity index (χ1v) is 6.79. The van der Waals surface area contributed by atoms with Gasteiger partial charge in [0.25, 0.3) is 5.91 Å². The van der Waals surface area contributed by atoms with E-state index in [1.165, 1.54) is 0 Å². The van der Waals surface area contributed by atoms with Gasteiger partial charge in [-0.1, -0.05) is 13.0 Å². The minimum Gasteiger partial charge on any atom is -0.497 e. The minimum atomic E-state index is -0.342. The Morgan fingerprint density at radius 2 is 2.29 bits per heavy atom. The second-order valence-electron chi connectivity index (χ2n) is 4.57. The quantitative estimate of drug-likeness (QED) is 0.696. The van der Waals surface area contributed by atoms with Crippen LogP contribution in [0.3, 0.4) is 0 Å². The maximum atomic E-state index is 11.5. The van der Waals surface area contributed by atoms with Crippen LogP contribution in [0.1, 0.15) is 18.9 Å². The van der Waals surface area contributed by atoms with Crippen molar-refractivity contribution in [2.45, 2.75) is 25.8 Å². The smallest absolute Gasteiger partial charge is 0.258 e. The van der Waals surface area contributed by atoms with E-state index in [1.54, 1.807) is 13.2 Å². The average molecular weight is 291 g/mol. The van der Waals surface area contributed by atoms with Crippen LogP contribution in [0.5, 0.6) is 11.5 Å². The van der Waals surface area contributed by atoms with E-state index in [4.69, 9.17) is 20.5 Å². The number of rotatable bonds is 8. The van der Waals surface area contributed by atoms with Crippen LogP contribution in [0.2, 0.25) is 0 Å². The molecule has 6 nitrogen and oxygen atoms in total. The third kappa shape index (κ3) is 5.71. The molecule has 0 heterocycles. The number of methoxy groups -OCH3 is 1. The molecule has 1 aromatic carbocycles. The average Bonchev–Trinajstić information content (AvgIpc) is 2.51. The van der Waals surface area contributed by atoms with Crippen LogP contribution in [0.25, 0.3) is 0 Å². The SMILES string of the molecule is CCC(N)Cc1ccc(OC)cc1OCC(=O)NCC#N. The fourth-order valence-corrected chi connectivity index (χ4v) is 1.72. The van der Waals surface area contributed by atoms with E-state index in [-0.39, 0.29) is 25.1 Å². The van der Waals surface area contributed by atoms with Crippen molar-refractivity contribution in [2.24, 2.45) is 5.73 Å². The van der Waals surface area contributed by atoms with Gasteiger partial charge in [0.2, 0.25) is 0 Å². The van der Waals surface area contributed by atoms with Gasteiger partial charge in [0.05, 0.1) is 13.2 Å². The van der Waals surface area contributed by atoms with Gasteiger partial charge in [0, 0.05) is 12.1 Å². The molecule has 0 aliphatic carbocycles. The highest BCUT2D eigenvalue weighted by Crippen LogP contribution is 2.26. The van der Waals surface area contributed by atoms with Crippen LogP contribution in [0.4, 0.5) is 0 Å². The number of carbonyl (C=O) groups excluding carboxylic acids is 1. The molecular weight excluding hydrogens is 270 g/mol. The monoisotopic (exact) mass is 291 g/mol. The van der Waals surface area contributed by atoms with Crippen molar-refractivity contribution in [3.05, 3.63) is 23.8 Å². The van der Waals surface area contributed by atoms with Crippen LogP contribution in [-0.2, 0) is 11.2 Å². The molecule has 0 saturated heterocycles. The number of ether oxygens (including phenoxy) is 2. The Morgan fingerprint density at radius 3 is 2.90 bits per heavy atom. The summed E-state index contributed by atoms with van der Waals surface area (Å²) in [5.41, 5.74) is 6.89. The van der Waals surface area contributed by atoms with Crippen molar-refractivity contribution in [1.82, 2.24) is 5.32 Å². The summed E-state index contributed by atoms with van der Waals surface area (Å²) in [5, 5.41) is 10.8. The second-order valence-corrected chi connectivity index (χ2v) is 4.57. The van der Waals surface area contributed by atoms with E-state index in [2.05, 4.69) is 5.32 Å². The Morgan fingerprint density at radius 1 is 1.52 bits per heavy atom. The molecule has 3 N–H and O–H groups in total. The first kappa shape index (κ1) is 16.8. The van der Waals surface area contributed by atoms with E-state index in [9.17, 15) is 4.79 Å². The number of carbonyl (C=O) groups is 1. The molecule has 0 aromatic heterocycles. The standard InChI is InChI=1S/C15H21N3O3/c1-3-12(17)8-11-4-5-13(20-2)9-14(11)21-10-15(19)18-7-6-16/h4-5,9,12H,3,7-8,10,17H2,1-2H3,(H,18,19). The van der Waals surface area contributed by atoms with Crippen molar-refractivity contribution < 1.29 is 14.3 Å². The van der Waals surface area contributed by atoms with Gasteiger partial charge in [0.1, 0.15) is 18.0 Å². The first-order chi connectivity index (χ1) is 10.1. The van der Waals surface area contributed by atoms with Gasteiger partial charge >= 0.3 is 0 Å². The summed E-state index contributed by atoms with van der Waals surface area (Å²) in [7, 11) is 1.57. The van der Waals surface area contributed by atoms with Crippen LogP contribution in [-0.4, -0.2) is 32.2 Å². The molecule has 0 fully saturated rings. The summed E-state index contributed by atoms with van der Waals surface area (Å²) in [5.74, 6) is 0.881. The van der Waals surface area contributed by atoms with E-state index < -0.39 is 0 Å². The third-order valence-electron chi connectivity index (χ3n) is 3.00. The molecule has 1 unspecified atom stereocenters. The molecule has 0 radical (unpaired) electrons. The molecule has 21 heavy (non-hydrogen) atoms. The number of hydrogen-bond acceptors (Lipinski definition) is 5. The van der Waals surface area contributed by atoms with Crippen molar-refractivity contribution in [3.8, 4) is 17.6 Å². The van der Waals surface area contributed by atoms with Gasteiger partial charge in [0.15, 0.2) is 6.61 Å². The van der Waals surface area contributed by atoms with Gasteiger partial charge in [-0.3, -0.25) is 4.79 Å². The van der Waals surface area contributed by atoms with E-state index in [0.29, 0.717) is 17.9 Å². The third-order valence-corrected chi connectivity index (χ3v) is 3.00. The number of nitrogens with two attached hydrogens (primary N) is 1. The van der Waals surface area contributed by atoms with Crippen LogP contribution in [0.15, 0.2) is 18.2 Å². The van der Waals surface area contributed by atoms with Crippen molar-refractivity contribution in [1.29, 1.82) is 5.26 Å². The summed E-state index contributed by atoms with van der Waals surface area (Å²) in [4.78, 5) is 11.5. The molecule has 114 valence electrons. The Labute approximate surface area is 124 Å². The molecule has 1 rings (SSSR count). The Hall–Kier alpha value is -2.26. The number of nitrogens with zero attached hydrogens (tertiary/aromatic N) is 1. The van der Waals surface area contributed by atoms with Crippen molar-refractivity contribution in [3.63, 3.8) is 0 Å². The summed E-state index contributed by atoms with van der Waals surface area (Å²) in [6.07, 6.45) is 1.52. The highest BCUT2D eigenvalue weighted by Gasteiger charge is 2.11. The first-order valence-electron chi connectivity index (χ1n) is 6.79. The topological polar surface area (TPSA) is 97.4 Å². The molecule has 0 aliphatic heterocycles. The zero-order chi connectivity index (χ0) is 15.7. The zero-order valence-electron chi connectivity index (χ0n) is 12.4. The summed E-state index contributed by atoms with van der Waals surface area (Å²) >= 11 is 0. The maximum Gasteiger partial charge on any atom is 0.258 e. The molecule has 1 aromatic rings. The molecule has 0 saturated carbocycles. The van der Waals surface area contributed by atoms with Crippen LogP contribution < -0.4 is 20.5 Å². The minimum absolute atomic E-state index is 0.0339. The molecule has 1 amide bonds. The van der Waals surface area contributed by atoms with Gasteiger partial charge in [-0.05, 0) is 24.5 Å². The number of hydrogen-bond donors (Lipinski definition) is 2. The number of nitriles is 1. The van der Waals surface area contributed by atoms with Crippen molar-refractivity contribution >= 4 is 5.91 Å². The Bertz CT molecular complexity index is 511. The fraction of sp³-hybridized carbons (Fsp3) is 0.467. The summed E-state index contributed by atoms with van der Waals surface area (Å²) in [6.45, 7) is 1.83. The van der Waals surface area contributed by atoms with Gasteiger partial charge in [-0.15, -0.1) is 0 Å². The van der Waals surface area contributed by atoms with Gasteiger partial charge < -0.3 is 20.5 Å². The lowest BCUT2D eigenvalue weighted by atomic mass is 10.0.